The van der Waals surface area contributed by atoms with Crippen LogP contribution >= 0.6 is 0 Å². The van der Waals surface area contributed by atoms with Gasteiger partial charge >= 0.3 is 0 Å². The lowest BCUT2D eigenvalue weighted by Crippen LogP contribution is -2.29. The minimum Gasteiger partial charge on any atom is -0.446 e. The summed E-state index contributed by atoms with van der Waals surface area (Å²) in [6, 6.07) is 41.2. The van der Waals surface area contributed by atoms with Crippen molar-refractivity contribution in [3.8, 4) is 17.5 Å². The monoisotopic (exact) mass is 1680 g/mol. The number of aromatic nitrogens is 18. The van der Waals surface area contributed by atoms with Gasteiger partial charge in [-0.2, -0.15) is 15.0 Å². The lowest BCUT2D eigenvalue weighted by molar-refractivity contribution is 0.0733. The second-order valence-electron chi connectivity index (χ2n) is 34.1. The van der Waals surface area contributed by atoms with Crippen LogP contribution in [0.1, 0.15) is 205 Å². The lowest BCUT2D eigenvalue weighted by Gasteiger charge is -2.29. The summed E-state index contributed by atoms with van der Waals surface area (Å²) >= 11 is 0. The van der Waals surface area contributed by atoms with Crippen LogP contribution < -0.4 is 37.9 Å². The zero-order chi connectivity index (χ0) is 87.4. The van der Waals surface area contributed by atoms with Crippen LogP contribution in [-0.2, 0) is 36.4 Å². The predicted molar refractivity (Wildman–Crippen MR) is 481 cm³/mol. The van der Waals surface area contributed by atoms with Crippen molar-refractivity contribution in [2.75, 3.05) is 29.0 Å². The van der Waals surface area contributed by atoms with E-state index >= 15 is 0 Å². The Hall–Kier alpha value is -13.5. The number of aliphatic imine (C=N–C) groups is 1. The van der Waals surface area contributed by atoms with E-state index in [2.05, 4.69) is 140 Å². The fourth-order valence-corrected chi connectivity index (χ4v) is 17.1. The van der Waals surface area contributed by atoms with E-state index in [1.807, 2.05) is 38.1 Å². The maximum Gasteiger partial charge on any atom is 0.278 e. The molecule has 644 valence electrons. The van der Waals surface area contributed by atoms with Crippen LogP contribution in [0.2, 0.25) is 0 Å². The molecule has 7 N–H and O–H groups in total. The first-order valence-electron chi connectivity index (χ1n) is 42.7. The molecule has 12 heterocycles. The van der Waals surface area contributed by atoms with Gasteiger partial charge < -0.3 is 45.4 Å². The number of rotatable bonds is 24. The molecule has 0 atom stereocenters. The average Bonchev–Trinajstić information content (AvgIpc) is 1.61. The summed E-state index contributed by atoms with van der Waals surface area (Å²) in [5.74, 6) is 9.67. The van der Waals surface area contributed by atoms with Gasteiger partial charge in [0.25, 0.3) is 16.7 Å². The van der Waals surface area contributed by atoms with Crippen molar-refractivity contribution >= 4 is 73.8 Å². The molecule has 0 unspecified atom stereocenters. The van der Waals surface area contributed by atoms with E-state index in [9.17, 15) is 29.7 Å². The van der Waals surface area contributed by atoms with Crippen molar-refractivity contribution in [3.63, 3.8) is 0 Å². The third kappa shape index (κ3) is 18.7. The fraction of sp³-hybridized carbons (Fsp3) is 0.362. The number of nitrogens with one attached hydrogen (secondary N) is 4. The van der Waals surface area contributed by atoms with Crippen LogP contribution in [0.3, 0.4) is 0 Å². The Morgan fingerprint density at radius 1 is 0.416 bits per heavy atom. The fourth-order valence-electron chi connectivity index (χ4n) is 17.1. The zero-order valence-corrected chi connectivity index (χ0v) is 71.7. The van der Waals surface area contributed by atoms with Gasteiger partial charge in [-0.05, 0) is 233 Å². The third-order valence-corrected chi connectivity index (χ3v) is 23.7. The molecule has 3 aliphatic carbocycles. The smallest absolute Gasteiger partial charge is 0.278 e. The number of anilines is 6. The Bertz CT molecular complexity index is 6200. The number of allylic oxidation sites excluding steroid dienone is 3. The van der Waals surface area contributed by atoms with Crippen LogP contribution in [0, 0.1) is 19.8 Å². The van der Waals surface area contributed by atoms with Gasteiger partial charge in [0, 0.05) is 66.9 Å². The highest BCUT2D eigenvalue weighted by molar-refractivity contribution is 5.86. The number of fused-ring (bicyclic) bond motifs is 3. The normalized spacial score (nSPS) is 18.0. The number of pyridine rings is 3. The molecule has 31 heteroatoms. The van der Waals surface area contributed by atoms with Crippen molar-refractivity contribution in [1.29, 1.82) is 0 Å². The second kappa shape index (κ2) is 36.1. The highest BCUT2D eigenvalue weighted by atomic mass is 16.4. The summed E-state index contributed by atoms with van der Waals surface area (Å²) in [5, 5.41) is 54.2. The quantitative estimate of drug-likeness (QED) is 0.0276. The van der Waals surface area contributed by atoms with Crippen LogP contribution in [0.25, 0.3) is 50.6 Å². The Kier molecular flexibility index (Phi) is 24.6. The number of amidine groups is 1. The molecule has 125 heavy (non-hydrogen) atoms. The number of benzene rings is 3. The summed E-state index contributed by atoms with van der Waals surface area (Å²) in [5.41, 5.74) is 5.02. The van der Waals surface area contributed by atoms with Gasteiger partial charge in [0.1, 0.15) is 38.7 Å². The van der Waals surface area contributed by atoms with E-state index in [4.69, 9.17) is 23.8 Å². The number of nitrogens with zero attached hydrogens (tertiary/aromatic N) is 19. The number of hydrogen-bond donors (Lipinski definition) is 7. The molecule has 31 nitrogen and oxygen atoms in total. The molecule has 3 fully saturated rings. The molecule has 3 aromatic carbocycles. The van der Waals surface area contributed by atoms with Crippen LogP contribution in [-0.4, -0.2) is 122 Å². The maximum absolute atomic E-state index is 13.3. The van der Waals surface area contributed by atoms with Crippen molar-refractivity contribution in [1.82, 2.24) is 93.4 Å². The highest BCUT2D eigenvalue weighted by Gasteiger charge is 2.33. The molecule has 4 aliphatic rings. The molecule has 14 aromatic rings. The first-order chi connectivity index (χ1) is 60.2. The molecule has 0 amide bonds. The van der Waals surface area contributed by atoms with Crippen LogP contribution in [0.15, 0.2) is 218 Å². The van der Waals surface area contributed by atoms with Gasteiger partial charge in [-0.3, -0.25) is 19.4 Å². The summed E-state index contributed by atoms with van der Waals surface area (Å²) in [6.07, 6.45) is 24.5. The first-order valence-corrected chi connectivity index (χ1v) is 42.7. The van der Waals surface area contributed by atoms with E-state index < -0.39 is 16.8 Å². The van der Waals surface area contributed by atoms with Gasteiger partial charge in [0.05, 0.1) is 55.3 Å². The molecule has 0 saturated heterocycles. The van der Waals surface area contributed by atoms with Crippen molar-refractivity contribution in [3.05, 3.63) is 278 Å². The molecule has 3 saturated carbocycles. The third-order valence-electron chi connectivity index (χ3n) is 23.7. The van der Waals surface area contributed by atoms with Gasteiger partial charge in [0.15, 0.2) is 40.3 Å². The summed E-state index contributed by atoms with van der Waals surface area (Å²) < 4.78 is 20.9. The molecule has 1 aliphatic heterocycles. The van der Waals surface area contributed by atoms with Crippen LogP contribution in [0.5, 0.6) is 0 Å². The summed E-state index contributed by atoms with van der Waals surface area (Å²) in [7, 11) is 0. The molecule has 0 radical (unpaired) electrons. The Balaban J connectivity index is 0.000000138. The van der Waals surface area contributed by atoms with Gasteiger partial charge in [-0.15, -0.1) is 29.9 Å². The van der Waals surface area contributed by atoms with Gasteiger partial charge in [0.2, 0.25) is 29.6 Å². The highest BCUT2D eigenvalue weighted by Crippen LogP contribution is 2.43. The number of hydrogen-bond acceptors (Lipinski definition) is 25. The van der Waals surface area contributed by atoms with Crippen molar-refractivity contribution in [2.24, 2.45) is 10.9 Å². The molecular weight excluding hydrogens is 1580 g/mol. The minimum absolute atomic E-state index is 0.239. The SMILES string of the molecule is C=CCn1c(=O)c2cnc(Nc3ccc(C4CCC(C5=NCCN5)CC4)cc3)nc2n1-c1cccc(C(C)(C)O)n1.C=CCn1c(=O)c2cnc(Nc3ccc(C4CCC(c5ncc(C)o5)CC4)cc3)nc2n1-c1cccc(C(C)(C)O)n1.C=CCn1c(=O)c2cnc(Nc3ccc(C4CCC(c5nnc(C)o5)CC4)cc3)nc2n1-c1cccc(C(C)(C)O)n1. The van der Waals surface area contributed by atoms with E-state index in [-0.39, 0.29) is 36.3 Å². The maximum atomic E-state index is 13.3. The largest absolute Gasteiger partial charge is 0.446 e. The Labute approximate surface area is 722 Å². The predicted octanol–water partition coefficient (Wildman–Crippen LogP) is 15.5. The van der Waals surface area contributed by atoms with Crippen LogP contribution in [0.4, 0.5) is 34.9 Å². The van der Waals surface area contributed by atoms with E-state index in [0.717, 1.165) is 99.1 Å². The van der Waals surface area contributed by atoms with Gasteiger partial charge in [-0.25, -0.2) is 63.0 Å². The minimum atomic E-state index is -1.15. The van der Waals surface area contributed by atoms with Crippen molar-refractivity contribution in [2.45, 2.75) is 198 Å². The summed E-state index contributed by atoms with van der Waals surface area (Å²) in [4.78, 5) is 90.2. The Morgan fingerprint density at radius 2 is 0.752 bits per heavy atom. The molecular formula is C94H105N23O8. The molecule has 18 rings (SSSR count). The zero-order valence-electron chi connectivity index (χ0n) is 71.7. The summed E-state index contributed by atoms with van der Waals surface area (Å²) in [6.45, 7) is 27.9. The van der Waals surface area contributed by atoms with Crippen molar-refractivity contribution < 1.29 is 24.2 Å². The van der Waals surface area contributed by atoms with E-state index in [0.29, 0.717) is 127 Å². The molecule has 0 bridgehead atoms. The second-order valence-corrected chi connectivity index (χ2v) is 34.1. The topological polar surface area (TPSA) is 383 Å². The average molecular weight is 1690 g/mol. The van der Waals surface area contributed by atoms with Gasteiger partial charge in [-0.1, -0.05) is 72.8 Å². The van der Waals surface area contributed by atoms with E-state index in [1.54, 1.807) is 141 Å². The standard InChI is InChI=1S/C32H35N7O3.C31H34N8O3.C31H36N8O2/c1-5-17-38-30(40)25-19-34-31(37-28(25)39(38)27-8-6-7-26(36-27)32(3,4)41)35-24-15-13-22(14-16-24)21-9-11-23(12-10-21)29-33-18-20(2)42-29;1-5-17-38-29(40)24-18-32-30(35-27(24)39(38)26-8-6-7-25(34-26)31(3,4)41)33-23-15-13-21(14-16-23)20-9-11-22(12-10-20)28-37-36-19(2)42-28;1-4-18-38-29(40)24-19-34-30(37-28(24)39(38)26-7-5-6-25(36-26)31(2,3)41)35-23-14-12-21(13-15-23)20-8-10-22(11-9-20)27-32-16-17-33-27/h5-8,13-16,18-19,21,23,41H,1,9-12,17H2,2-4H3,(H,34,35,37);5-8,13-16,18,20,22,41H,1,9-12,17H2,2-4H3,(H,32,33,35);4-7,12-15,19-20,22,41H,1,8-11,16-18H2,2-3H3,(H,32,33)(H,34,35,37). The number of aliphatic hydroxyl groups is 3. The lowest BCUT2D eigenvalue weighted by atomic mass is 9.78. The number of oxazole rings is 1. The molecule has 0 spiro atoms. The first kappa shape index (κ1) is 85.1. The van der Waals surface area contributed by atoms with E-state index in [1.165, 1.54) is 74.6 Å². The number of aryl methyl sites for hydroxylation is 2. The molecule has 11 aromatic heterocycles. The Morgan fingerprint density at radius 3 is 1.05 bits per heavy atom.